The van der Waals surface area contributed by atoms with Crippen LogP contribution in [0.2, 0.25) is 5.02 Å². The minimum Gasteiger partial charge on any atom is -0.492 e. The zero-order valence-corrected chi connectivity index (χ0v) is 15.0. The second kappa shape index (κ2) is 7.28. The number of aliphatic carboxylic acids is 1. The van der Waals surface area contributed by atoms with E-state index in [0.717, 1.165) is 11.3 Å². The zero-order valence-electron chi connectivity index (χ0n) is 14.2. The van der Waals surface area contributed by atoms with Crippen molar-refractivity contribution in [2.24, 2.45) is 0 Å². The summed E-state index contributed by atoms with van der Waals surface area (Å²) in [6.45, 7) is 0.622. The number of carboxylic acids is 1. The van der Waals surface area contributed by atoms with Gasteiger partial charge in [-0.2, -0.15) is 0 Å². The van der Waals surface area contributed by atoms with E-state index in [2.05, 4.69) is 10.3 Å². The molecule has 0 amide bonds. The highest BCUT2D eigenvalue weighted by Gasteiger charge is 2.26. The lowest BCUT2D eigenvalue weighted by molar-refractivity contribution is -0.137. The van der Waals surface area contributed by atoms with Crippen LogP contribution in [-0.4, -0.2) is 32.7 Å². The van der Waals surface area contributed by atoms with Crippen LogP contribution in [0.15, 0.2) is 48.7 Å². The molecule has 1 N–H and O–H groups in total. The molecule has 2 aromatic carbocycles. The number of aromatic nitrogens is 3. The van der Waals surface area contributed by atoms with Gasteiger partial charge in [0.15, 0.2) is 0 Å². The van der Waals surface area contributed by atoms with Gasteiger partial charge in [-0.1, -0.05) is 28.9 Å². The van der Waals surface area contributed by atoms with Gasteiger partial charge in [0.1, 0.15) is 23.8 Å². The van der Waals surface area contributed by atoms with Crippen LogP contribution in [0.4, 0.5) is 0 Å². The van der Waals surface area contributed by atoms with Crippen LogP contribution in [0.5, 0.6) is 11.5 Å². The predicted molar refractivity (Wildman–Crippen MR) is 97.6 cm³/mol. The molecule has 3 aromatic rings. The van der Waals surface area contributed by atoms with E-state index in [1.807, 2.05) is 24.3 Å². The van der Waals surface area contributed by atoms with E-state index in [9.17, 15) is 4.79 Å². The van der Waals surface area contributed by atoms with E-state index in [4.69, 9.17) is 26.2 Å². The first-order valence-electron chi connectivity index (χ1n) is 8.37. The maximum Gasteiger partial charge on any atom is 0.304 e. The lowest BCUT2D eigenvalue weighted by Gasteiger charge is -2.07. The number of carbonyl (C=O) groups is 1. The Morgan fingerprint density at radius 1 is 1.33 bits per heavy atom. The van der Waals surface area contributed by atoms with Crippen molar-refractivity contribution in [3.8, 4) is 17.2 Å². The smallest absolute Gasteiger partial charge is 0.304 e. The largest absolute Gasteiger partial charge is 0.492 e. The molecule has 27 heavy (non-hydrogen) atoms. The van der Waals surface area contributed by atoms with Crippen molar-refractivity contribution in [2.45, 2.75) is 18.9 Å². The van der Waals surface area contributed by atoms with Gasteiger partial charge in [0.2, 0.25) is 0 Å². The van der Waals surface area contributed by atoms with E-state index in [0.29, 0.717) is 28.8 Å². The number of nitrogens with zero attached hydrogens (tertiary/aromatic N) is 3. The first kappa shape index (κ1) is 17.4. The zero-order chi connectivity index (χ0) is 18.8. The van der Waals surface area contributed by atoms with Crippen molar-refractivity contribution in [3.05, 3.63) is 64.9 Å². The van der Waals surface area contributed by atoms with E-state index in [1.165, 1.54) is 0 Å². The highest BCUT2D eigenvalue weighted by Crippen LogP contribution is 2.38. The average molecular weight is 386 g/mol. The molecule has 0 fully saturated rings. The summed E-state index contributed by atoms with van der Waals surface area (Å²) in [7, 11) is 0. The van der Waals surface area contributed by atoms with Crippen LogP contribution in [-0.2, 0) is 11.4 Å². The summed E-state index contributed by atoms with van der Waals surface area (Å²) in [5.74, 6) is 0.340. The number of ether oxygens (including phenoxy) is 2. The molecule has 1 aliphatic heterocycles. The third-order valence-electron chi connectivity index (χ3n) is 4.29. The molecular weight excluding hydrogens is 370 g/mol. The summed E-state index contributed by atoms with van der Waals surface area (Å²) in [6.07, 6.45) is 1.83. The lowest BCUT2D eigenvalue weighted by Crippen LogP contribution is -2.07. The molecular formula is C19H16ClN3O4. The van der Waals surface area contributed by atoms with Crippen molar-refractivity contribution in [3.63, 3.8) is 0 Å². The number of hydrogen-bond donors (Lipinski definition) is 1. The molecule has 8 heteroatoms. The molecule has 4 rings (SSSR count). The topological polar surface area (TPSA) is 86.5 Å². The SMILES string of the molecule is O=C(O)CC1COc2cc(OCc3cn(-c4cccc(Cl)c4)nn3)ccc21. The first-order chi connectivity index (χ1) is 13.1. The Balaban J connectivity index is 1.42. The van der Waals surface area contributed by atoms with Gasteiger partial charge in [-0.15, -0.1) is 5.10 Å². The number of halogens is 1. The first-order valence-corrected chi connectivity index (χ1v) is 8.75. The van der Waals surface area contributed by atoms with Crippen LogP contribution >= 0.6 is 11.6 Å². The normalized spacial score (nSPS) is 15.2. The van der Waals surface area contributed by atoms with Gasteiger partial charge >= 0.3 is 5.97 Å². The van der Waals surface area contributed by atoms with Gasteiger partial charge in [-0.3, -0.25) is 4.79 Å². The Morgan fingerprint density at radius 3 is 3.04 bits per heavy atom. The van der Waals surface area contributed by atoms with Gasteiger partial charge in [0, 0.05) is 22.6 Å². The summed E-state index contributed by atoms with van der Waals surface area (Å²) in [6, 6.07) is 12.8. The van der Waals surface area contributed by atoms with Gasteiger partial charge < -0.3 is 14.6 Å². The molecule has 1 aromatic heterocycles. The number of fused-ring (bicyclic) bond motifs is 1. The molecule has 0 aliphatic carbocycles. The minimum absolute atomic E-state index is 0.0554. The maximum atomic E-state index is 10.9. The van der Waals surface area contributed by atoms with E-state index >= 15 is 0 Å². The fourth-order valence-electron chi connectivity index (χ4n) is 2.99. The Kier molecular flexibility index (Phi) is 4.68. The van der Waals surface area contributed by atoms with E-state index in [-0.39, 0.29) is 18.9 Å². The van der Waals surface area contributed by atoms with Crippen molar-refractivity contribution in [1.29, 1.82) is 0 Å². The molecule has 0 bridgehead atoms. The van der Waals surface area contributed by atoms with Crippen molar-refractivity contribution < 1.29 is 19.4 Å². The molecule has 7 nitrogen and oxygen atoms in total. The highest BCUT2D eigenvalue weighted by molar-refractivity contribution is 6.30. The van der Waals surface area contributed by atoms with Crippen molar-refractivity contribution in [1.82, 2.24) is 15.0 Å². The maximum absolute atomic E-state index is 10.9. The Morgan fingerprint density at radius 2 is 2.22 bits per heavy atom. The minimum atomic E-state index is -0.834. The molecule has 1 aliphatic rings. The quantitative estimate of drug-likeness (QED) is 0.699. The van der Waals surface area contributed by atoms with Crippen molar-refractivity contribution in [2.75, 3.05) is 6.61 Å². The van der Waals surface area contributed by atoms with Gasteiger partial charge in [-0.25, -0.2) is 4.68 Å². The van der Waals surface area contributed by atoms with Crippen LogP contribution in [0.3, 0.4) is 0 Å². The van der Waals surface area contributed by atoms with E-state index < -0.39 is 5.97 Å². The average Bonchev–Trinajstić information content (AvgIpc) is 3.27. The van der Waals surface area contributed by atoms with Gasteiger partial charge in [-0.05, 0) is 24.3 Å². The van der Waals surface area contributed by atoms with Crippen LogP contribution in [0.25, 0.3) is 5.69 Å². The predicted octanol–water partition coefficient (Wildman–Crippen LogP) is 3.45. The van der Waals surface area contributed by atoms with Crippen molar-refractivity contribution >= 4 is 17.6 Å². The van der Waals surface area contributed by atoms with E-state index in [1.54, 1.807) is 29.1 Å². The van der Waals surface area contributed by atoms with Crippen LogP contribution in [0, 0.1) is 0 Å². The number of carboxylic acid groups (broad SMARTS) is 1. The summed E-state index contributed by atoms with van der Waals surface area (Å²) in [5, 5.41) is 17.8. The summed E-state index contributed by atoms with van der Waals surface area (Å²) in [5.41, 5.74) is 2.38. The molecule has 0 saturated carbocycles. The van der Waals surface area contributed by atoms with Crippen LogP contribution in [0.1, 0.15) is 23.6 Å². The molecule has 0 saturated heterocycles. The Hall–Kier alpha value is -3.06. The standard InChI is InChI=1S/C19H16ClN3O4/c20-13-2-1-3-15(7-13)23-9-14(21-22-23)11-26-16-4-5-17-12(6-19(24)25)10-27-18(17)8-16/h1-5,7-9,12H,6,10-11H2,(H,24,25). The third kappa shape index (κ3) is 3.88. The second-order valence-electron chi connectivity index (χ2n) is 6.23. The number of rotatable bonds is 6. The molecule has 0 spiro atoms. The molecule has 2 heterocycles. The monoisotopic (exact) mass is 385 g/mol. The second-order valence-corrected chi connectivity index (χ2v) is 6.66. The highest BCUT2D eigenvalue weighted by atomic mass is 35.5. The van der Waals surface area contributed by atoms with Gasteiger partial charge in [0.05, 0.1) is 24.9 Å². The fraction of sp³-hybridized carbons (Fsp3) is 0.211. The third-order valence-corrected chi connectivity index (χ3v) is 4.52. The lowest BCUT2D eigenvalue weighted by atomic mass is 9.98. The van der Waals surface area contributed by atoms with Crippen LogP contribution < -0.4 is 9.47 Å². The molecule has 138 valence electrons. The molecule has 0 radical (unpaired) electrons. The summed E-state index contributed by atoms with van der Waals surface area (Å²) < 4.78 is 13.0. The number of benzene rings is 2. The Bertz CT molecular complexity index is 989. The summed E-state index contributed by atoms with van der Waals surface area (Å²) in [4.78, 5) is 10.9. The Labute approximate surface area is 160 Å². The van der Waals surface area contributed by atoms with Gasteiger partial charge in [0.25, 0.3) is 0 Å². The molecule has 1 atom stereocenters. The molecule has 1 unspecified atom stereocenters. The summed E-state index contributed by atoms with van der Waals surface area (Å²) >= 11 is 6.00. The fourth-order valence-corrected chi connectivity index (χ4v) is 3.18. The number of hydrogen-bond acceptors (Lipinski definition) is 5.